The molecule has 9 aromatic carbocycles. The van der Waals surface area contributed by atoms with Crippen LogP contribution in [0.5, 0.6) is 11.5 Å². The predicted octanol–water partition coefficient (Wildman–Crippen LogP) is 13.1. The van der Waals surface area contributed by atoms with Gasteiger partial charge in [0.1, 0.15) is 11.5 Å². The van der Waals surface area contributed by atoms with Crippen molar-refractivity contribution >= 4 is 49.4 Å². The van der Waals surface area contributed by atoms with Gasteiger partial charge in [-0.15, -0.1) is 0 Å². The first-order chi connectivity index (χ1) is 25.3. The van der Waals surface area contributed by atoms with Crippen LogP contribution < -0.4 is 9.64 Å². The molecule has 2 aliphatic rings. The van der Waals surface area contributed by atoms with Crippen LogP contribution in [0.4, 0.5) is 17.1 Å². The fraction of sp³-hybridized carbons (Fsp3) is 0.0204. The maximum atomic E-state index is 6.61. The zero-order valence-electron chi connectivity index (χ0n) is 27.8. The summed E-state index contributed by atoms with van der Waals surface area (Å²) in [5, 5.41) is 7.62. The topological polar surface area (TPSA) is 12.5 Å². The molecule has 51 heavy (non-hydrogen) atoms. The van der Waals surface area contributed by atoms with E-state index in [1.165, 1.54) is 65.7 Å². The van der Waals surface area contributed by atoms with Crippen molar-refractivity contribution in [3.05, 3.63) is 210 Å². The third kappa shape index (κ3) is 3.87. The molecule has 0 aromatic heterocycles. The minimum Gasteiger partial charge on any atom is -0.457 e. The lowest BCUT2D eigenvalue weighted by Crippen LogP contribution is -2.32. The Balaban J connectivity index is 1.20. The van der Waals surface area contributed by atoms with Gasteiger partial charge in [-0.3, -0.25) is 0 Å². The molecular weight excluding hydrogens is 619 g/mol. The molecule has 1 spiro atoms. The lowest BCUT2D eigenvalue weighted by Gasteiger charge is -2.39. The Kier molecular flexibility index (Phi) is 5.91. The van der Waals surface area contributed by atoms with Gasteiger partial charge in [0.15, 0.2) is 0 Å². The van der Waals surface area contributed by atoms with Crippen LogP contribution in [0.2, 0.25) is 0 Å². The summed E-state index contributed by atoms with van der Waals surface area (Å²) in [7, 11) is 0. The van der Waals surface area contributed by atoms with E-state index < -0.39 is 5.41 Å². The predicted molar refractivity (Wildman–Crippen MR) is 211 cm³/mol. The van der Waals surface area contributed by atoms with Crippen molar-refractivity contribution in [2.75, 3.05) is 4.90 Å². The van der Waals surface area contributed by atoms with Crippen LogP contribution in [-0.4, -0.2) is 0 Å². The third-order valence-electron chi connectivity index (χ3n) is 11.1. The molecule has 0 radical (unpaired) electrons. The Morgan fingerprint density at radius 1 is 0.314 bits per heavy atom. The van der Waals surface area contributed by atoms with E-state index >= 15 is 0 Å². The molecule has 0 unspecified atom stereocenters. The van der Waals surface area contributed by atoms with Crippen molar-refractivity contribution in [2.24, 2.45) is 0 Å². The summed E-state index contributed by atoms with van der Waals surface area (Å²) in [5.74, 6) is 1.80. The molecule has 1 aliphatic heterocycles. The summed E-state index contributed by atoms with van der Waals surface area (Å²) in [4.78, 5) is 2.41. The normalized spacial score (nSPS) is 13.4. The molecule has 2 nitrogen and oxygen atoms in total. The largest absolute Gasteiger partial charge is 0.457 e. The van der Waals surface area contributed by atoms with Gasteiger partial charge in [0.05, 0.1) is 5.41 Å². The Morgan fingerprint density at radius 3 is 1.45 bits per heavy atom. The van der Waals surface area contributed by atoms with Crippen LogP contribution in [0, 0.1) is 0 Å². The molecule has 1 heterocycles. The van der Waals surface area contributed by atoms with Gasteiger partial charge in [0.25, 0.3) is 0 Å². The average molecular weight is 650 g/mol. The van der Waals surface area contributed by atoms with Gasteiger partial charge in [0, 0.05) is 28.2 Å². The molecule has 238 valence electrons. The van der Waals surface area contributed by atoms with Crippen molar-refractivity contribution in [3.63, 3.8) is 0 Å². The number of rotatable bonds is 3. The molecule has 2 heteroatoms. The Labute approximate surface area is 296 Å². The number of benzene rings is 9. The van der Waals surface area contributed by atoms with Crippen LogP contribution in [-0.2, 0) is 5.41 Å². The zero-order chi connectivity index (χ0) is 33.5. The van der Waals surface area contributed by atoms with E-state index in [4.69, 9.17) is 4.74 Å². The molecule has 0 bridgehead atoms. The highest BCUT2D eigenvalue weighted by atomic mass is 16.5. The van der Waals surface area contributed by atoms with Gasteiger partial charge in [0.2, 0.25) is 0 Å². The Morgan fingerprint density at radius 2 is 0.784 bits per heavy atom. The zero-order valence-corrected chi connectivity index (χ0v) is 27.8. The molecule has 0 saturated heterocycles. The molecule has 0 amide bonds. The first-order valence-corrected chi connectivity index (χ1v) is 17.6. The summed E-state index contributed by atoms with van der Waals surface area (Å²) < 4.78 is 6.61. The maximum absolute atomic E-state index is 6.61. The Hall–Kier alpha value is -6.64. The summed E-state index contributed by atoms with van der Waals surface area (Å²) in [6, 6.07) is 68.4. The first kappa shape index (κ1) is 28.2. The number of hydrogen-bond donors (Lipinski definition) is 0. The van der Waals surface area contributed by atoms with Crippen LogP contribution >= 0.6 is 0 Å². The minimum atomic E-state index is -0.533. The van der Waals surface area contributed by atoms with Crippen molar-refractivity contribution in [1.82, 2.24) is 0 Å². The highest BCUT2D eigenvalue weighted by Crippen LogP contribution is 2.62. The number of fused-ring (bicyclic) bond motifs is 15. The average Bonchev–Trinajstić information content (AvgIpc) is 3.48. The Bertz CT molecular complexity index is 2770. The van der Waals surface area contributed by atoms with E-state index in [1.54, 1.807) is 0 Å². The van der Waals surface area contributed by atoms with Gasteiger partial charge in [-0.25, -0.2) is 0 Å². The number of para-hydroxylation sites is 3. The quantitative estimate of drug-likeness (QED) is 0.177. The monoisotopic (exact) mass is 649 g/mol. The van der Waals surface area contributed by atoms with E-state index in [0.717, 1.165) is 28.6 Å². The molecule has 9 aromatic rings. The highest BCUT2D eigenvalue weighted by Gasteiger charge is 2.51. The van der Waals surface area contributed by atoms with Crippen LogP contribution in [0.1, 0.15) is 22.3 Å². The lowest BCUT2D eigenvalue weighted by atomic mass is 9.66. The third-order valence-corrected chi connectivity index (χ3v) is 11.1. The highest BCUT2D eigenvalue weighted by molar-refractivity contribution is 6.25. The molecular formula is C49H31NO. The van der Waals surface area contributed by atoms with Gasteiger partial charge in [-0.2, -0.15) is 0 Å². The second kappa shape index (κ2) is 10.7. The number of anilines is 3. The number of hydrogen-bond acceptors (Lipinski definition) is 2. The van der Waals surface area contributed by atoms with E-state index in [1.807, 2.05) is 0 Å². The first-order valence-electron chi connectivity index (χ1n) is 17.6. The van der Waals surface area contributed by atoms with Crippen molar-refractivity contribution in [1.29, 1.82) is 0 Å². The van der Waals surface area contributed by atoms with E-state index in [-0.39, 0.29) is 0 Å². The molecule has 11 rings (SSSR count). The molecule has 0 N–H and O–H groups in total. The molecule has 0 saturated carbocycles. The lowest BCUT2D eigenvalue weighted by molar-refractivity contribution is 0.436. The molecule has 0 fully saturated rings. The maximum Gasteiger partial charge on any atom is 0.132 e. The SMILES string of the molecule is c1ccc(N(c2ccc3c(c2)C2(c4ccccc4Oc4ccccc42)c2ccccc2-3)c2ccc3c4ccccc4c4ccccc4c3c2)cc1. The second-order valence-corrected chi connectivity index (χ2v) is 13.6. The summed E-state index contributed by atoms with van der Waals surface area (Å²) in [6.45, 7) is 0. The van der Waals surface area contributed by atoms with Gasteiger partial charge in [-0.1, -0.05) is 140 Å². The van der Waals surface area contributed by atoms with Crippen molar-refractivity contribution in [2.45, 2.75) is 5.41 Å². The molecule has 0 atom stereocenters. The number of nitrogens with zero attached hydrogens (tertiary/aromatic N) is 1. The van der Waals surface area contributed by atoms with Gasteiger partial charge >= 0.3 is 0 Å². The van der Waals surface area contributed by atoms with Crippen molar-refractivity contribution in [3.8, 4) is 22.6 Å². The minimum absolute atomic E-state index is 0.533. The smallest absolute Gasteiger partial charge is 0.132 e. The van der Waals surface area contributed by atoms with E-state index in [2.05, 4.69) is 193 Å². The second-order valence-electron chi connectivity index (χ2n) is 13.6. The standard InChI is InChI=1S/C49H31NO/c1-2-14-32(15-3-1)50(33-26-28-39-37-18-5-4-16-35(37)36-17-6-7-19-38(36)42(39)30-33)34-27-29-41-40-20-8-9-21-43(40)49(46(41)31-34)44-22-10-12-24-47(44)51-48-25-13-11-23-45(48)49/h1-31H. The van der Waals surface area contributed by atoms with E-state index in [9.17, 15) is 0 Å². The fourth-order valence-corrected chi connectivity index (χ4v) is 9.04. The van der Waals surface area contributed by atoms with Crippen LogP contribution in [0.3, 0.4) is 0 Å². The van der Waals surface area contributed by atoms with E-state index in [0.29, 0.717) is 0 Å². The fourth-order valence-electron chi connectivity index (χ4n) is 9.04. The van der Waals surface area contributed by atoms with Crippen molar-refractivity contribution < 1.29 is 4.74 Å². The number of ether oxygens (including phenoxy) is 1. The van der Waals surface area contributed by atoms with Gasteiger partial charge in [-0.05, 0) is 103 Å². The van der Waals surface area contributed by atoms with Crippen LogP contribution in [0.15, 0.2) is 188 Å². The van der Waals surface area contributed by atoms with Crippen LogP contribution in [0.25, 0.3) is 43.4 Å². The molecule has 1 aliphatic carbocycles. The summed E-state index contributed by atoms with van der Waals surface area (Å²) >= 11 is 0. The summed E-state index contributed by atoms with van der Waals surface area (Å²) in [5.41, 5.74) is 10.2. The summed E-state index contributed by atoms with van der Waals surface area (Å²) in [6.07, 6.45) is 0. The van der Waals surface area contributed by atoms with Gasteiger partial charge < -0.3 is 9.64 Å².